The molecule has 0 bridgehead atoms. The number of rotatable bonds is 3. The van der Waals surface area contributed by atoms with E-state index < -0.39 is 16.2 Å². The maximum atomic E-state index is 13.3. The monoisotopic (exact) mass is 442 g/mol. The Bertz CT molecular complexity index is 1200. The van der Waals surface area contributed by atoms with Crippen LogP contribution in [0, 0.1) is 6.92 Å². The summed E-state index contributed by atoms with van der Waals surface area (Å²) in [4.78, 5) is 13.3. The predicted molar refractivity (Wildman–Crippen MR) is 111 cm³/mol. The van der Waals surface area contributed by atoms with Gasteiger partial charge in [0.25, 0.3) is 15.7 Å². The van der Waals surface area contributed by atoms with Gasteiger partial charge in [0.15, 0.2) is 0 Å². The van der Waals surface area contributed by atoms with E-state index in [9.17, 15) is 13.2 Å². The Kier molecular flexibility index (Phi) is 6.33. The number of aliphatic hydroxyl groups is 1. The smallest absolute Gasteiger partial charge is 0.264 e. The van der Waals surface area contributed by atoms with Crippen LogP contribution in [0.15, 0.2) is 27.5 Å². The van der Waals surface area contributed by atoms with Crippen molar-refractivity contribution in [2.75, 3.05) is 13.4 Å². The second kappa shape index (κ2) is 8.43. The van der Waals surface area contributed by atoms with Gasteiger partial charge in [-0.05, 0) is 44.7 Å². The summed E-state index contributed by atoms with van der Waals surface area (Å²) in [7, 11) is -2.55. The fourth-order valence-corrected chi connectivity index (χ4v) is 4.95. The molecule has 1 N–H and O–H groups in total. The molecule has 2 unspecified atom stereocenters. The quantitative estimate of drug-likeness (QED) is 0.620. The van der Waals surface area contributed by atoms with Crippen LogP contribution in [0.5, 0.6) is 0 Å². The zero-order valence-electron chi connectivity index (χ0n) is 16.4. The molecule has 29 heavy (non-hydrogen) atoms. The summed E-state index contributed by atoms with van der Waals surface area (Å²) in [5.74, 6) is 0.435. The van der Waals surface area contributed by atoms with Crippen LogP contribution in [-0.4, -0.2) is 42.7 Å². The minimum atomic E-state index is -3.55. The lowest BCUT2D eigenvalue weighted by molar-refractivity contribution is 0.134. The van der Waals surface area contributed by atoms with Crippen LogP contribution >= 0.6 is 11.6 Å². The Morgan fingerprint density at radius 2 is 2.00 bits per heavy atom. The molecule has 2 aromatic heterocycles. The lowest BCUT2D eigenvalue weighted by atomic mass is 9.92. The van der Waals surface area contributed by atoms with Crippen molar-refractivity contribution in [3.63, 3.8) is 0 Å². The zero-order valence-corrected chi connectivity index (χ0v) is 18.0. The Balaban J connectivity index is 0.00000117. The summed E-state index contributed by atoms with van der Waals surface area (Å²) >= 11 is 6.42. The van der Waals surface area contributed by atoms with Crippen molar-refractivity contribution in [3.05, 3.63) is 39.3 Å². The first-order chi connectivity index (χ1) is 13.8. The highest BCUT2D eigenvalue weighted by Gasteiger charge is 2.30. The number of pyridine rings is 1. The Morgan fingerprint density at radius 1 is 1.28 bits per heavy atom. The summed E-state index contributed by atoms with van der Waals surface area (Å²) < 4.78 is 35.2. The van der Waals surface area contributed by atoms with Crippen molar-refractivity contribution in [1.29, 1.82) is 0 Å². The van der Waals surface area contributed by atoms with Crippen LogP contribution in [-0.2, 0) is 14.3 Å². The molecule has 3 aromatic rings. The third kappa shape index (κ3) is 4.18. The average Bonchev–Trinajstić information content (AvgIpc) is 3.04. The van der Waals surface area contributed by atoms with Crippen molar-refractivity contribution < 1.29 is 22.2 Å². The Labute approximate surface area is 173 Å². The van der Waals surface area contributed by atoms with Crippen LogP contribution in [0.25, 0.3) is 21.8 Å². The van der Waals surface area contributed by atoms with E-state index in [-0.39, 0.29) is 11.6 Å². The number of fused-ring (bicyclic) bond motifs is 3. The van der Waals surface area contributed by atoms with Gasteiger partial charge in [-0.15, -0.1) is 0 Å². The van der Waals surface area contributed by atoms with E-state index in [1.165, 1.54) is 0 Å². The molecule has 8 nitrogen and oxygen atoms in total. The minimum Gasteiger partial charge on any atom is -0.400 e. The standard InChI is InChI=1S/C18H19ClN2O5S.CH4O/c1-10-15-17(20-25-10)16-13(19)7-4-8-14(16)21(18(15)22)11-5-3-6-12(9-11)26-27(2,23)24;1-2/h4,7-8,11-12H,3,5-6,9H2,1-2H3;2H,1H3. The largest absolute Gasteiger partial charge is 0.400 e. The second-order valence-electron chi connectivity index (χ2n) is 7.01. The van der Waals surface area contributed by atoms with Gasteiger partial charge in [-0.3, -0.25) is 8.98 Å². The molecular formula is C19H23ClN2O6S. The predicted octanol–water partition coefficient (Wildman–Crippen LogP) is 3.17. The van der Waals surface area contributed by atoms with E-state index in [4.69, 9.17) is 25.4 Å². The fourth-order valence-electron chi connectivity index (χ4n) is 4.02. The normalized spacial score (nSPS) is 19.9. The molecule has 2 heterocycles. The molecular weight excluding hydrogens is 420 g/mol. The SMILES string of the molecule is CO.Cc1onc2c1c(=O)n(C1CCCC(OS(C)(=O)=O)C1)c1cccc(Cl)c21. The van der Waals surface area contributed by atoms with Crippen molar-refractivity contribution >= 4 is 43.5 Å². The number of halogens is 1. The third-order valence-corrected chi connectivity index (χ3v) is 5.99. The van der Waals surface area contributed by atoms with Gasteiger partial charge in [0.1, 0.15) is 16.7 Å². The van der Waals surface area contributed by atoms with Gasteiger partial charge in [-0.25, -0.2) is 0 Å². The Morgan fingerprint density at radius 3 is 2.69 bits per heavy atom. The number of hydrogen-bond donors (Lipinski definition) is 1. The molecule has 0 aliphatic heterocycles. The molecule has 0 spiro atoms. The lowest BCUT2D eigenvalue weighted by Gasteiger charge is -2.30. The topological polar surface area (TPSA) is 112 Å². The van der Waals surface area contributed by atoms with Crippen LogP contribution in [0.4, 0.5) is 0 Å². The van der Waals surface area contributed by atoms with Crippen LogP contribution in [0.1, 0.15) is 37.5 Å². The van der Waals surface area contributed by atoms with E-state index >= 15 is 0 Å². The highest BCUT2D eigenvalue weighted by molar-refractivity contribution is 7.86. The highest BCUT2D eigenvalue weighted by atomic mass is 35.5. The number of nitrogens with zero attached hydrogens (tertiary/aromatic N) is 2. The first-order valence-electron chi connectivity index (χ1n) is 9.18. The third-order valence-electron chi connectivity index (χ3n) is 5.06. The summed E-state index contributed by atoms with van der Waals surface area (Å²) in [6, 6.07) is 5.16. The summed E-state index contributed by atoms with van der Waals surface area (Å²) in [5.41, 5.74) is 0.913. The molecule has 1 aliphatic carbocycles. The maximum Gasteiger partial charge on any atom is 0.264 e. The van der Waals surface area contributed by atoms with Gasteiger partial charge in [-0.2, -0.15) is 8.42 Å². The fraction of sp³-hybridized carbons (Fsp3) is 0.474. The summed E-state index contributed by atoms with van der Waals surface area (Å²) in [5, 5.41) is 12.6. The van der Waals surface area contributed by atoms with Gasteiger partial charge < -0.3 is 14.2 Å². The van der Waals surface area contributed by atoms with Crippen molar-refractivity contribution in [1.82, 2.24) is 9.72 Å². The molecule has 1 saturated carbocycles. The first-order valence-corrected chi connectivity index (χ1v) is 11.4. The van der Waals surface area contributed by atoms with Gasteiger partial charge >= 0.3 is 0 Å². The molecule has 158 valence electrons. The van der Waals surface area contributed by atoms with Crippen molar-refractivity contribution in [2.24, 2.45) is 0 Å². The number of benzene rings is 1. The van der Waals surface area contributed by atoms with Crippen LogP contribution in [0.2, 0.25) is 5.02 Å². The summed E-state index contributed by atoms with van der Waals surface area (Å²) in [6.45, 7) is 1.69. The van der Waals surface area contributed by atoms with Gasteiger partial charge in [-0.1, -0.05) is 22.8 Å². The molecule has 10 heteroatoms. The number of aromatic nitrogens is 2. The molecule has 0 saturated heterocycles. The zero-order chi connectivity index (χ0) is 21.3. The summed E-state index contributed by atoms with van der Waals surface area (Å²) in [6.07, 6.45) is 3.20. The van der Waals surface area contributed by atoms with E-state index in [0.29, 0.717) is 45.4 Å². The highest BCUT2D eigenvalue weighted by Crippen LogP contribution is 2.36. The van der Waals surface area contributed by atoms with Gasteiger partial charge in [0.05, 0.1) is 22.9 Å². The molecule has 2 atom stereocenters. The lowest BCUT2D eigenvalue weighted by Crippen LogP contribution is -2.32. The number of aliphatic hydroxyl groups excluding tert-OH is 1. The van der Waals surface area contributed by atoms with Crippen LogP contribution in [0.3, 0.4) is 0 Å². The molecule has 0 amide bonds. The van der Waals surface area contributed by atoms with Crippen molar-refractivity contribution in [3.8, 4) is 0 Å². The molecule has 4 rings (SSSR count). The average molecular weight is 443 g/mol. The minimum absolute atomic E-state index is 0.197. The number of hydrogen-bond acceptors (Lipinski definition) is 7. The van der Waals surface area contributed by atoms with E-state index in [1.807, 2.05) is 6.07 Å². The molecule has 1 aromatic carbocycles. The first kappa shape index (κ1) is 21.8. The van der Waals surface area contributed by atoms with E-state index in [2.05, 4.69) is 5.16 Å². The van der Waals surface area contributed by atoms with Crippen LogP contribution < -0.4 is 5.56 Å². The Hall–Kier alpha value is -1.94. The van der Waals surface area contributed by atoms with E-state index in [1.54, 1.807) is 23.6 Å². The van der Waals surface area contributed by atoms with Gasteiger partial charge in [0, 0.05) is 18.5 Å². The molecule has 1 aliphatic rings. The molecule has 1 fully saturated rings. The van der Waals surface area contributed by atoms with E-state index in [0.717, 1.165) is 26.2 Å². The maximum absolute atomic E-state index is 13.3. The number of aryl methyl sites for hydroxylation is 1. The van der Waals surface area contributed by atoms with Gasteiger partial charge in [0.2, 0.25) is 0 Å². The second-order valence-corrected chi connectivity index (χ2v) is 9.02. The molecule has 0 radical (unpaired) electrons. The van der Waals surface area contributed by atoms with Crippen molar-refractivity contribution in [2.45, 2.75) is 44.8 Å².